The van der Waals surface area contributed by atoms with Gasteiger partial charge >= 0.3 is 0 Å². The van der Waals surface area contributed by atoms with E-state index < -0.39 is 0 Å². The highest BCUT2D eigenvalue weighted by atomic mass is 32.1. The fraction of sp³-hybridized carbons (Fsp3) is 0.364. The summed E-state index contributed by atoms with van der Waals surface area (Å²) in [7, 11) is 1.66. The van der Waals surface area contributed by atoms with Crippen molar-refractivity contribution in [2.45, 2.75) is 13.0 Å². The van der Waals surface area contributed by atoms with Gasteiger partial charge in [0.2, 0.25) is 0 Å². The monoisotopic (exact) mass is 240 g/mol. The zero-order valence-electron chi connectivity index (χ0n) is 9.00. The Morgan fingerprint density at radius 3 is 3.06 bits per heavy atom. The summed E-state index contributed by atoms with van der Waals surface area (Å²) >= 11 is 5.16. The lowest BCUT2D eigenvalue weighted by atomic mass is 10.3. The molecule has 0 amide bonds. The van der Waals surface area contributed by atoms with Crippen molar-refractivity contribution in [2.75, 3.05) is 13.7 Å². The molecular weight excluding hydrogens is 227 g/mol. The Labute approximate surface area is 97.8 Å². The molecule has 0 aliphatic heterocycles. The number of fused-ring (bicyclic) bond motifs is 1. The summed E-state index contributed by atoms with van der Waals surface area (Å²) in [4.78, 5) is 2.88. The molecule has 16 heavy (non-hydrogen) atoms. The molecule has 2 rings (SSSR count). The van der Waals surface area contributed by atoms with E-state index in [0.29, 0.717) is 16.9 Å². The Balaban J connectivity index is 2.40. The average Bonchev–Trinajstić information content (AvgIpc) is 2.58. The molecule has 0 radical (unpaired) electrons. The van der Waals surface area contributed by atoms with Crippen molar-refractivity contribution in [3.63, 3.8) is 0 Å². The van der Waals surface area contributed by atoms with Crippen molar-refractivity contribution in [3.8, 4) is 0 Å². The minimum Gasteiger partial charge on any atom is -0.385 e. The normalized spacial score (nSPS) is 11.1. The number of nitrogens with one attached hydrogen (secondary N) is 1. The lowest BCUT2D eigenvalue weighted by Crippen LogP contribution is -2.01. The molecule has 5 heteroatoms. The molecule has 3 nitrogen and oxygen atoms in total. The summed E-state index contributed by atoms with van der Waals surface area (Å²) in [5, 5.41) is 0. The summed E-state index contributed by atoms with van der Waals surface area (Å²) in [6, 6.07) is 4.97. The molecule has 1 aromatic heterocycles. The molecule has 0 fully saturated rings. The van der Waals surface area contributed by atoms with E-state index in [1.54, 1.807) is 13.2 Å². The van der Waals surface area contributed by atoms with Crippen molar-refractivity contribution in [3.05, 3.63) is 28.8 Å². The smallest absolute Gasteiger partial charge is 0.178 e. The molecule has 86 valence electrons. The zero-order valence-corrected chi connectivity index (χ0v) is 9.81. The Bertz CT molecular complexity index is 546. The number of aromatic nitrogens is 2. The van der Waals surface area contributed by atoms with Crippen LogP contribution in [0.15, 0.2) is 18.2 Å². The first-order chi connectivity index (χ1) is 7.74. The first-order valence-electron chi connectivity index (χ1n) is 5.10. The van der Waals surface area contributed by atoms with Gasteiger partial charge in [0.1, 0.15) is 11.3 Å². The van der Waals surface area contributed by atoms with E-state index in [1.165, 1.54) is 6.07 Å². The molecule has 0 bridgehead atoms. The number of hydrogen-bond donors (Lipinski definition) is 1. The zero-order chi connectivity index (χ0) is 11.5. The van der Waals surface area contributed by atoms with Crippen LogP contribution in [0.1, 0.15) is 6.42 Å². The molecule has 0 saturated carbocycles. The predicted molar refractivity (Wildman–Crippen MR) is 63.6 cm³/mol. The highest BCUT2D eigenvalue weighted by molar-refractivity contribution is 7.71. The van der Waals surface area contributed by atoms with E-state index in [2.05, 4.69) is 4.98 Å². The van der Waals surface area contributed by atoms with Crippen LogP contribution < -0.4 is 0 Å². The van der Waals surface area contributed by atoms with Crippen LogP contribution in [0.3, 0.4) is 0 Å². The number of aryl methyl sites for hydroxylation is 1. The van der Waals surface area contributed by atoms with Crippen LogP contribution in [-0.4, -0.2) is 23.3 Å². The maximum absolute atomic E-state index is 13.5. The molecule has 1 heterocycles. The summed E-state index contributed by atoms with van der Waals surface area (Å²) in [6.45, 7) is 1.40. The number of hydrogen-bond acceptors (Lipinski definition) is 2. The lowest BCUT2D eigenvalue weighted by Gasteiger charge is -2.03. The highest BCUT2D eigenvalue weighted by Gasteiger charge is 2.07. The molecule has 0 spiro atoms. The number of H-pyrrole nitrogens is 1. The van der Waals surface area contributed by atoms with Crippen LogP contribution in [0.25, 0.3) is 11.0 Å². The Kier molecular flexibility index (Phi) is 3.36. The molecule has 0 atom stereocenters. The van der Waals surface area contributed by atoms with Crippen LogP contribution in [0, 0.1) is 10.6 Å². The van der Waals surface area contributed by atoms with Crippen LogP contribution in [-0.2, 0) is 11.3 Å². The van der Waals surface area contributed by atoms with Gasteiger partial charge in [-0.15, -0.1) is 0 Å². The topological polar surface area (TPSA) is 29.9 Å². The number of benzene rings is 1. The highest BCUT2D eigenvalue weighted by Crippen LogP contribution is 2.17. The molecule has 0 aliphatic carbocycles. The standard InChI is InChI=1S/C11H13FN2OS/c1-15-7-3-6-14-9-5-2-4-8(12)10(9)13-11(14)16/h2,4-5H,3,6-7H2,1H3,(H,13,16). The minimum absolute atomic E-state index is 0.269. The third-order valence-corrected chi connectivity index (χ3v) is 2.81. The molecule has 1 aromatic carbocycles. The lowest BCUT2D eigenvalue weighted by molar-refractivity contribution is 0.190. The first kappa shape index (κ1) is 11.3. The summed E-state index contributed by atoms with van der Waals surface area (Å²) in [6.07, 6.45) is 0.855. The second-order valence-corrected chi connectivity index (χ2v) is 3.95. The summed E-state index contributed by atoms with van der Waals surface area (Å²) in [5.74, 6) is -0.269. The predicted octanol–water partition coefficient (Wildman–Crippen LogP) is 2.87. The number of para-hydroxylation sites is 1. The van der Waals surface area contributed by atoms with Gasteiger partial charge in [0.15, 0.2) is 4.77 Å². The number of aromatic amines is 1. The van der Waals surface area contributed by atoms with E-state index >= 15 is 0 Å². The molecule has 0 unspecified atom stereocenters. The van der Waals surface area contributed by atoms with Gasteiger partial charge in [-0.3, -0.25) is 0 Å². The van der Waals surface area contributed by atoms with Crippen LogP contribution in [0.2, 0.25) is 0 Å². The molecule has 0 saturated heterocycles. The van der Waals surface area contributed by atoms with Crippen LogP contribution in [0.5, 0.6) is 0 Å². The van der Waals surface area contributed by atoms with Gasteiger partial charge < -0.3 is 14.3 Å². The molecule has 2 aromatic rings. The summed E-state index contributed by atoms with van der Waals surface area (Å²) in [5.41, 5.74) is 1.28. The second kappa shape index (κ2) is 4.76. The van der Waals surface area contributed by atoms with Gasteiger partial charge in [0.25, 0.3) is 0 Å². The van der Waals surface area contributed by atoms with Gasteiger partial charge in [0.05, 0.1) is 5.52 Å². The fourth-order valence-electron chi connectivity index (χ4n) is 1.73. The summed E-state index contributed by atoms with van der Waals surface area (Å²) < 4.78 is 20.9. The van der Waals surface area contributed by atoms with Crippen molar-refractivity contribution in [1.82, 2.24) is 9.55 Å². The maximum Gasteiger partial charge on any atom is 0.178 e. The minimum atomic E-state index is -0.269. The average molecular weight is 240 g/mol. The number of rotatable bonds is 4. The molecule has 0 aliphatic rings. The van der Waals surface area contributed by atoms with E-state index in [0.717, 1.165) is 18.5 Å². The van der Waals surface area contributed by atoms with Gasteiger partial charge in [-0.2, -0.15) is 0 Å². The third kappa shape index (κ3) is 2.01. The Morgan fingerprint density at radius 1 is 1.50 bits per heavy atom. The van der Waals surface area contributed by atoms with Crippen molar-refractivity contribution in [2.24, 2.45) is 0 Å². The van der Waals surface area contributed by atoms with Gasteiger partial charge in [-0.25, -0.2) is 4.39 Å². The Morgan fingerprint density at radius 2 is 2.31 bits per heavy atom. The van der Waals surface area contributed by atoms with Crippen molar-refractivity contribution in [1.29, 1.82) is 0 Å². The van der Waals surface area contributed by atoms with E-state index in [9.17, 15) is 4.39 Å². The van der Waals surface area contributed by atoms with Gasteiger partial charge in [0, 0.05) is 20.3 Å². The quantitative estimate of drug-likeness (QED) is 0.658. The SMILES string of the molecule is COCCCn1c(=S)[nH]c2c(F)cccc21. The van der Waals surface area contributed by atoms with E-state index in [-0.39, 0.29) is 5.82 Å². The van der Waals surface area contributed by atoms with Crippen LogP contribution in [0.4, 0.5) is 4.39 Å². The largest absolute Gasteiger partial charge is 0.385 e. The van der Waals surface area contributed by atoms with E-state index in [4.69, 9.17) is 17.0 Å². The molecular formula is C11H13FN2OS. The Hall–Kier alpha value is -1.20. The van der Waals surface area contributed by atoms with Crippen molar-refractivity contribution >= 4 is 23.3 Å². The van der Waals surface area contributed by atoms with E-state index in [1.807, 2.05) is 10.6 Å². The third-order valence-electron chi connectivity index (χ3n) is 2.49. The second-order valence-electron chi connectivity index (χ2n) is 3.56. The maximum atomic E-state index is 13.5. The number of imidazole rings is 1. The first-order valence-corrected chi connectivity index (χ1v) is 5.51. The van der Waals surface area contributed by atoms with Crippen LogP contribution >= 0.6 is 12.2 Å². The number of halogens is 1. The van der Waals surface area contributed by atoms with Crippen molar-refractivity contribution < 1.29 is 9.13 Å². The number of methoxy groups -OCH3 is 1. The van der Waals surface area contributed by atoms with Gasteiger partial charge in [-0.1, -0.05) is 6.07 Å². The number of nitrogens with zero attached hydrogens (tertiary/aromatic N) is 1. The number of ether oxygens (including phenoxy) is 1. The molecule has 1 N–H and O–H groups in total. The van der Waals surface area contributed by atoms with Gasteiger partial charge in [-0.05, 0) is 30.8 Å². The fourth-order valence-corrected chi connectivity index (χ4v) is 2.03.